The molecule has 3 N–H and O–H groups in total. The van der Waals surface area contributed by atoms with Gasteiger partial charge in [0.05, 0.1) is 35.3 Å². The molecule has 3 heterocycles. The summed E-state index contributed by atoms with van der Waals surface area (Å²) in [6.45, 7) is 8.82. The summed E-state index contributed by atoms with van der Waals surface area (Å²) in [6, 6.07) is 15.8. The number of nitrogens with one attached hydrogen (secondary N) is 2. The number of para-hydroxylation sites is 1. The first-order valence-electron chi connectivity index (χ1n) is 13.1. The fourth-order valence-corrected chi connectivity index (χ4v) is 5.15. The Morgan fingerprint density at radius 1 is 1.15 bits per heavy atom. The van der Waals surface area contributed by atoms with Crippen LogP contribution in [-0.2, 0) is 4.79 Å². The number of benzene rings is 2. The van der Waals surface area contributed by atoms with Crippen LogP contribution in [0.2, 0.25) is 0 Å². The number of anilines is 4. The highest BCUT2D eigenvalue weighted by Crippen LogP contribution is 2.40. The molecule has 5 rings (SSSR count). The minimum absolute atomic E-state index is 0.213. The summed E-state index contributed by atoms with van der Waals surface area (Å²) in [6.07, 6.45) is 6.62. The summed E-state index contributed by atoms with van der Waals surface area (Å²) < 4.78 is 7.76. The van der Waals surface area contributed by atoms with Crippen molar-refractivity contribution in [2.45, 2.75) is 32.3 Å². The van der Waals surface area contributed by atoms with E-state index in [2.05, 4.69) is 33.2 Å². The maximum Gasteiger partial charge on any atom is 0.247 e. The lowest BCUT2D eigenvalue weighted by atomic mass is 9.83. The van der Waals surface area contributed by atoms with E-state index in [0.717, 1.165) is 48.3 Å². The van der Waals surface area contributed by atoms with Crippen LogP contribution in [-0.4, -0.2) is 51.3 Å². The zero-order chi connectivity index (χ0) is 27.6. The summed E-state index contributed by atoms with van der Waals surface area (Å²) >= 11 is 0. The smallest absolute Gasteiger partial charge is 0.247 e. The van der Waals surface area contributed by atoms with Crippen molar-refractivity contribution < 1.29 is 14.6 Å². The predicted molar refractivity (Wildman–Crippen MR) is 155 cm³/mol. The Kier molecular flexibility index (Phi) is 7.26. The monoisotopic (exact) mass is 526 g/mol. The molecule has 202 valence electrons. The lowest BCUT2D eigenvalue weighted by molar-refractivity contribution is -0.111. The molecule has 0 saturated carbocycles. The number of carbonyl (C=O) groups is 1. The van der Waals surface area contributed by atoms with E-state index in [-0.39, 0.29) is 11.8 Å². The second-order valence-corrected chi connectivity index (χ2v) is 10.3. The standard InChI is InChI=1S/C30H34N6O3/c1-5-28(37)32-22-18-23(26(39-4)19-25(22)35-15-12-21(13-16-35)30(2,3)38)33-29-31-14-10-27(34-29)36-17-11-20-8-6-7-9-24(20)36/h5-11,14,17-19,21,38H,1,12-13,15-16H2,2-4H3,(H,32,37)(H,31,33,34). The van der Waals surface area contributed by atoms with Gasteiger partial charge in [-0.15, -0.1) is 0 Å². The van der Waals surface area contributed by atoms with Crippen LogP contribution in [0.3, 0.4) is 0 Å². The average molecular weight is 527 g/mol. The van der Waals surface area contributed by atoms with Gasteiger partial charge in [-0.3, -0.25) is 4.79 Å². The number of hydrogen-bond acceptors (Lipinski definition) is 7. The molecule has 1 aliphatic rings. The predicted octanol–water partition coefficient (Wildman–Crippen LogP) is 5.28. The minimum Gasteiger partial charge on any atom is -0.494 e. The topological polar surface area (TPSA) is 105 Å². The molecule has 2 aromatic carbocycles. The quantitative estimate of drug-likeness (QED) is 0.268. The van der Waals surface area contributed by atoms with Gasteiger partial charge in [-0.1, -0.05) is 24.8 Å². The van der Waals surface area contributed by atoms with Crippen LogP contribution in [0.25, 0.3) is 16.7 Å². The second-order valence-electron chi connectivity index (χ2n) is 10.3. The highest BCUT2D eigenvalue weighted by molar-refractivity contribution is 6.02. The van der Waals surface area contributed by atoms with E-state index in [0.29, 0.717) is 23.1 Å². The lowest BCUT2D eigenvalue weighted by Crippen LogP contribution is -2.42. The number of rotatable bonds is 8. The fraction of sp³-hybridized carbons (Fsp3) is 0.300. The van der Waals surface area contributed by atoms with E-state index in [1.165, 1.54) is 6.08 Å². The summed E-state index contributed by atoms with van der Waals surface area (Å²) in [5.74, 6) is 1.61. The molecular formula is C30H34N6O3. The Morgan fingerprint density at radius 2 is 1.92 bits per heavy atom. The number of aliphatic hydroxyl groups is 1. The first kappa shape index (κ1) is 26.2. The molecule has 0 unspecified atom stereocenters. The number of fused-ring (bicyclic) bond motifs is 1. The molecule has 0 radical (unpaired) electrons. The van der Waals surface area contributed by atoms with E-state index in [4.69, 9.17) is 9.72 Å². The largest absolute Gasteiger partial charge is 0.494 e. The van der Waals surface area contributed by atoms with Gasteiger partial charge < -0.3 is 29.9 Å². The van der Waals surface area contributed by atoms with Crippen LogP contribution in [0.5, 0.6) is 5.75 Å². The normalized spacial score (nSPS) is 14.3. The van der Waals surface area contributed by atoms with Gasteiger partial charge in [-0.25, -0.2) is 4.98 Å². The van der Waals surface area contributed by atoms with Crippen LogP contribution in [0, 0.1) is 5.92 Å². The summed E-state index contributed by atoms with van der Waals surface area (Å²) in [4.78, 5) is 23.7. The Hall–Kier alpha value is -4.37. The van der Waals surface area contributed by atoms with E-state index in [1.54, 1.807) is 13.3 Å². The Labute approximate surface area is 228 Å². The van der Waals surface area contributed by atoms with Crippen molar-refractivity contribution in [3.8, 4) is 11.6 Å². The van der Waals surface area contributed by atoms with Crippen molar-refractivity contribution in [2.24, 2.45) is 5.92 Å². The Bertz CT molecular complexity index is 1500. The third-order valence-electron chi connectivity index (χ3n) is 7.33. The first-order chi connectivity index (χ1) is 18.8. The van der Waals surface area contributed by atoms with Crippen molar-refractivity contribution in [3.63, 3.8) is 0 Å². The van der Waals surface area contributed by atoms with Gasteiger partial charge in [0.15, 0.2) is 0 Å². The molecule has 1 amide bonds. The number of ether oxygens (including phenoxy) is 1. The number of carbonyl (C=O) groups excluding carboxylic acids is 1. The second kappa shape index (κ2) is 10.8. The maximum atomic E-state index is 12.3. The maximum absolute atomic E-state index is 12.3. The number of piperidine rings is 1. The van der Waals surface area contributed by atoms with Crippen molar-refractivity contribution in [1.82, 2.24) is 14.5 Å². The highest BCUT2D eigenvalue weighted by Gasteiger charge is 2.31. The molecular weight excluding hydrogens is 492 g/mol. The number of hydrogen-bond donors (Lipinski definition) is 3. The van der Waals surface area contributed by atoms with Crippen molar-refractivity contribution in [1.29, 1.82) is 0 Å². The SMILES string of the molecule is C=CC(=O)Nc1cc(Nc2nccc(-n3ccc4ccccc43)n2)c(OC)cc1N1CCC(C(C)(C)O)CC1. The first-order valence-corrected chi connectivity index (χ1v) is 13.1. The van der Waals surface area contributed by atoms with Crippen LogP contribution < -0.4 is 20.3 Å². The van der Waals surface area contributed by atoms with Crippen molar-refractivity contribution in [3.05, 3.63) is 73.6 Å². The van der Waals surface area contributed by atoms with Gasteiger partial charge in [0, 0.05) is 31.5 Å². The van der Waals surface area contributed by atoms with E-state index >= 15 is 0 Å². The molecule has 1 saturated heterocycles. The van der Waals surface area contributed by atoms with Crippen LogP contribution in [0.4, 0.5) is 23.0 Å². The summed E-state index contributed by atoms with van der Waals surface area (Å²) in [7, 11) is 1.61. The third kappa shape index (κ3) is 5.58. The molecule has 9 nitrogen and oxygen atoms in total. The van der Waals surface area contributed by atoms with Crippen molar-refractivity contribution >= 4 is 39.8 Å². The molecule has 0 aliphatic carbocycles. The van der Waals surface area contributed by atoms with Gasteiger partial charge in [-0.2, -0.15) is 4.98 Å². The van der Waals surface area contributed by atoms with Crippen LogP contribution >= 0.6 is 0 Å². The minimum atomic E-state index is -0.723. The fourth-order valence-electron chi connectivity index (χ4n) is 5.15. The number of amides is 1. The number of aromatic nitrogens is 3. The zero-order valence-corrected chi connectivity index (χ0v) is 22.5. The molecule has 0 spiro atoms. The van der Waals surface area contributed by atoms with Crippen LogP contribution in [0.1, 0.15) is 26.7 Å². The highest BCUT2D eigenvalue weighted by atomic mass is 16.5. The van der Waals surface area contributed by atoms with E-state index < -0.39 is 5.60 Å². The Balaban J connectivity index is 1.46. The molecule has 2 aromatic heterocycles. The molecule has 0 atom stereocenters. The van der Waals surface area contributed by atoms with Gasteiger partial charge in [0.2, 0.25) is 11.9 Å². The summed E-state index contributed by atoms with van der Waals surface area (Å²) in [5, 5.41) is 17.8. The zero-order valence-electron chi connectivity index (χ0n) is 22.5. The molecule has 1 fully saturated rings. The average Bonchev–Trinajstić information content (AvgIpc) is 3.37. The molecule has 0 bridgehead atoms. The number of methoxy groups -OCH3 is 1. The lowest BCUT2D eigenvalue weighted by Gasteiger charge is -2.39. The number of nitrogens with zero attached hydrogens (tertiary/aromatic N) is 4. The third-order valence-corrected chi connectivity index (χ3v) is 7.33. The molecule has 39 heavy (non-hydrogen) atoms. The van der Waals surface area contributed by atoms with Gasteiger partial charge in [-0.05, 0) is 68.3 Å². The molecule has 1 aliphatic heterocycles. The van der Waals surface area contributed by atoms with Gasteiger partial charge in [0.25, 0.3) is 0 Å². The molecule has 9 heteroatoms. The summed E-state index contributed by atoms with van der Waals surface area (Å²) in [5.41, 5.74) is 2.40. The van der Waals surface area contributed by atoms with E-state index in [1.807, 2.05) is 67.1 Å². The van der Waals surface area contributed by atoms with Gasteiger partial charge in [0.1, 0.15) is 11.6 Å². The van der Waals surface area contributed by atoms with Crippen LogP contribution in [0.15, 0.2) is 73.6 Å². The Morgan fingerprint density at radius 3 is 2.64 bits per heavy atom. The molecule has 4 aromatic rings. The van der Waals surface area contributed by atoms with Gasteiger partial charge >= 0.3 is 0 Å². The van der Waals surface area contributed by atoms with E-state index in [9.17, 15) is 9.90 Å². The van der Waals surface area contributed by atoms with Crippen molar-refractivity contribution in [2.75, 3.05) is 35.7 Å².